The number of carboxylic acids is 1. The summed E-state index contributed by atoms with van der Waals surface area (Å²) < 4.78 is 3.89. The standard InChI is InChI=1S/C16H28N2O2/c1-4-5-6-7-8-9-10-11-15-17(3)14(2)12-18(15)13-16(19)20/h12H,4-11,13H2,1-3H3. The molecule has 0 aliphatic carbocycles. The van der Waals surface area contributed by atoms with Crippen LogP contribution in [0.15, 0.2) is 6.20 Å². The van der Waals surface area contributed by atoms with E-state index in [0.717, 1.165) is 24.4 Å². The number of hydrogen-bond acceptors (Lipinski definition) is 2. The summed E-state index contributed by atoms with van der Waals surface area (Å²) in [6, 6.07) is 0. The summed E-state index contributed by atoms with van der Waals surface area (Å²) in [5.74, 6) is 0.0571. The SMILES string of the molecule is CCCCCCCCCc1n(C)c(C)c[n+]1CC(=O)[O-]. The van der Waals surface area contributed by atoms with Gasteiger partial charge in [0.25, 0.3) is 5.82 Å². The molecule has 0 amide bonds. The molecule has 0 atom stereocenters. The molecule has 4 nitrogen and oxygen atoms in total. The van der Waals surface area contributed by atoms with E-state index in [4.69, 9.17) is 0 Å². The largest absolute Gasteiger partial charge is 0.546 e. The number of unbranched alkanes of at least 4 members (excludes halogenated alkanes) is 6. The van der Waals surface area contributed by atoms with Crippen molar-refractivity contribution in [3.05, 3.63) is 17.7 Å². The molecule has 0 aliphatic rings. The van der Waals surface area contributed by atoms with E-state index in [0.29, 0.717) is 0 Å². The maximum atomic E-state index is 10.8. The van der Waals surface area contributed by atoms with Crippen molar-refractivity contribution in [2.24, 2.45) is 7.05 Å². The van der Waals surface area contributed by atoms with Gasteiger partial charge in [-0.1, -0.05) is 45.4 Å². The third-order valence-electron chi connectivity index (χ3n) is 3.89. The van der Waals surface area contributed by atoms with Crippen LogP contribution in [-0.2, 0) is 24.8 Å². The van der Waals surface area contributed by atoms with Crippen LogP contribution < -0.4 is 9.67 Å². The van der Waals surface area contributed by atoms with Gasteiger partial charge in [0.2, 0.25) is 0 Å². The Morgan fingerprint density at radius 1 is 1.20 bits per heavy atom. The van der Waals surface area contributed by atoms with Gasteiger partial charge in [0.1, 0.15) is 18.4 Å². The fraction of sp³-hybridized carbons (Fsp3) is 0.750. The summed E-state index contributed by atoms with van der Waals surface area (Å²) in [6.07, 6.45) is 11.7. The van der Waals surface area contributed by atoms with Crippen LogP contribution in [0.3, 0.4) is 0 Å². The zero-order valence-electron chi connectivity index (χ0n) is 13.2. The van der Waals surface area contributed by atoms with E-state index in [2.05, 4.69) is 11.5 Å². The van der Waals surface area contributed by atoms with Gasteiger partial charge in [-0.15, -0.1) is 0 Å². The first-order chi connectivity index (χ1) is 9.56. The topological polar surface area (TPSA) is 48.9 Å². The Labute approximate surface area is 122 Å². The van der Waals surface area contributed by atoms with Gasteiger partial charge in [-0.25, -0.2) is 9.13 Å². The zero-order chi connectivity index (χ0) is 15.0. The number of imidazole rings is 1. The Kier molecular flexibility index (Phi) is 7.34. The highest BCUT2D eigenvalue weighted by Gasteiger charge is 2.17. The minimum atomic E-state index is -1.03. The lowest BCUT2D eigenvalue weighted by molar-refractivity contribution is -0.697. The van der Waals surface area contributed by atoms with Crippen molar-refractivity contribution in [3.63, 3.8) is 0 Å². The Bertz CT molecular complexity index is 424. The molecule has 1 aromatic rings. The predicted molar refractivity (Wildman–Crippen MR) is 77.0 cm³/mol. The van der Waals surface area contributed by atoms with Crippen molar-refractivity contribution in [3.8, 4) is 0 Å². The molecule has 0 N–H and O–H groups in total. The summed E-state index contributed by atoms with van der Waals surface area (Å²) in [4.78, 5) is 10.8. The Hall–Kier alpha value is -1.32. The monoisotopic (exact) mass is 280 g/mol. The van der Waals surface area contributed by atoms with E-state index in [-0.39, 0.29) is 6.54 Å². The first kappa shape index (κ1) is 16.7. The molecule has 0 aromatic carbocycles. The van der Waals surface area contributed by atoms with Crippen LogP contribution in [0.2, 0.25) is 0 Å². The first-order valence-electron chi connectivity index (χ1n) is 7.80. The van der Waals surface area contributed by atoms with E-state index in [1.807, 2.05) is 24.7 Å². The van der Waals surface area contributed by atoms with Crippen LogP contribution in [0.5, 0.6) is 0 Å². The molecular weight excluding hydrogens is 252 g/mol. The van der Waals surface area contributed by atoms with Crippen LogP contribution in [-0.4, -0.2) is 10.5 Å². The van der Waals surface area contributed by atoms with Crippen LogP contribution in [0.1, 0.15) is 63.4 Å². The third kappa shape index (κ3) is 5.35. The Morgan fingerprint density at radius 2 is 1.80 bits per heavy atom. The lowest BCUT2D eigenvalue weighted by Gasteiger charge is -2.04. The van der Waals surface area contributed by atoms with Crippen LogP contribution >= 0.6 is 0 Å². The summed E-state index contributed by atoms with van der Waals surface area (Å²) in [5, 5.41) is 10.8. The van der Waals surface area contributed by atoms with E-state index in [1.165, 1.54) is 38.5 Å². The lowest BCUT2D eigenvalue weighted by Crippen LogP contribution is -2.45. The van der Waals surface area contributed by atoms with Crippen LogP contribution in [0, 0.1) is 6.92 Å². The molecule has 0 radical (unpaired) electrons. The lowest BCUT2D eigenvalue weighted by atomic mass is 10.1. The molecule has 0 aliphatic heterocycles. The second kappa shape index (κ2) is 8.77. The van der Waals surface area contributed by atoms with Crippen molar-refractivity contribution < 1.29 is 14.5 Å². The van der Waals surface area contributed by atoms with Gasteiger partial charge in [-0.05, 0) is 6.42 Å². The molecule has 0 unspecified atom stereocenters. The minimum absolute atomic E-state index is 0.0481. The first-order valence-corrected chi connectivity index (χ1v) is 7.80. The molecule has 114 valence electrons. The van der Waals surface area contributed by atoms with E-state index >= 15 is 0 Å². The van der Waals surface area contributed by atoms with Gasteiger partial charge in [-0.2, -0.15) is 0 Å². The number of aryl methyl sites for hydroxylation is 1. The van der Waals surface area contributed by atoms with Gasteiger partial charge < -0.3 is 9.90 Å². The number of carbonyl (C=O) groups excluding carboxylic acids is 1. The van der Waals surface area contributed by atoms with Gasteiger partial charge >= 0.3 is 0 Å². The molecule has 1 aromatic heterocycles. The number of rotatable bonds is 10. The van der Waals surface area contributed by atoms with Crippen LogP contribution in [0.25, 0.3) is 0 Å². The molecule has 1 rings (SSSR count). The second-order valence-corrected chi connectivity index (χ2v) is 5.62. The number of aliphatic carboxylic acids is 1. The normalized spacial score (nSPS) is 10.9. The van der Waals surface area contributed by atoms with E-state index in [1.54, 1.807) is 0 Å². The molecule has 0 bridgehead atoms. The summed E-state index contributed by atoms with van der Waals surface area (Å²) >= 11 is 0. The number of hydrogen-bond donors (Lipinski definition) is 0. The molecule has 0 saturated carbocycles. The fourth-order valence-corrected chi connectivity index (χ4v) is 2.61. The highest BCUT2D eigenvalue weighted by molar-refractivity contribution is 5.62. The molecule has 0 fully saturated rings. The van der Waals surface area contributed by atoms with E-state index < -0.39 is 5.97 Å². The summed E-state index contributed by atoms with van der Waals surface area (Å²) in [7, 11) is 2.00. The maximum Gasteiger partial charge on any atom is 0.256 e. The van der Waals surface area contributed by atoms with Gasteiger partial charge in [0.15, 0.2) is 0 Å². The van der Waals surface area contributed by atoms with Crippen molar-refractivity contribution in [1.82, 2.24) is 4.57 Å². The second-order valence-electron chi connectivity index (χ2n) is 5.62. The molecule has 20 heavy (non-hydrogen) atoms. The summed E-state index contributed by atoms with van der Waals surface area (Å²) in [6.45, 7) is 4.18. The Balaban J connectivity index is 2.40. The quantitative estimate of drug-likeness (QED) is 0.483. The molecule has 4 heteroatoms. The third-order valence-corrected chi connectivity index (χ3v) is 3.89. The molecule has 0 spiro atoms. The number of carboxylic acid groups (broad SMARTS) is 1. The number of nitrogens with zero attached hydrogens (tertiary/aromatic N) is 2. The van der Waals surface area contributed by atoms with Gasteiger partial charge in [0.05, 0.1) is 13.0 Å². The van der Waals surface area contributed by atoms with Crippen molar-refractivity contribution in [1.29, 1.82) is 0 Å². The maximum absolute atomic E-state index is 10.8. The highest BCUT2D eigenvalue weighted by Crippen LogP contribution is 2.10. The fourth-order valence-electron chi connectivity index (χ4n) is 2.61. The smallest absolute Gasteiger partial charge is 0.256 e. The number of aromatic nitrogens is 2. The van der Waals surface area contributed by atoms with Crippen molar-refractivity contribution in [2.75, 3.05) is 0 Å². The Morgan fingerprint density at radius 3 is 2.40 bits per heavy atom. The van der Waals surface area contributed by atoms with Crippen molar-refractivity contribution in [2.45, 2.75) is 71.8 Å². The highest BCUT2D eigenvalue weighted by atomic mass is 16.4. The van der Waals surface area contributed by atoms with Crippen molar-refractivity contribution >= 4 is 5.97 Å². The average molecular weight is 280 g/mol. The molecule has 0 saturated heterocycles. The predicted octanol–water partition coefficient (Wildman–Crippen LogP) is 1.66. The summed E-state index contributed by atoms with van der Waals surface area (Å²) in [5.41, 5.74) is 1.09. The number of carbonyl (C=O) groups is 1. The average Bonchev–Trinajstić information content (AvgIpc) is 2.64. The zero-order valence-corrected chi connectivity index (χ0v) is 13.2. The van der Waals surface area contributed by atoms with Gasteiger partial charge in [-0.3, -0.25) is 0 Å². The van der Waals surface area contributed by atoms with E-state index in [9.17, 15) is 9.90 Å². The van der Waals surface area contributed by atoms with Gasteiger partial charge in [0, 0.05) is 13.3 Å². The van der Waals surface area contributed by atoms with Crippen LogP contribution in [0.4, 0.5) is 0 Å². The molecule has 1 heterocycles. The minimum Gasteiger partial charge on any atom is -0.546 e. The molecular formula is C16H28N2O2.